The molecule has 0 N–H and O–H groups in total. The summed E-state index contributed by atoms with van der Waals surface area (Å²) in [6.07, 6.45) is 3.00. The van der Waals surface area contributed by atoms with Crippen molar-refractivity contribution in [1.82, 2.24) is 4.57 Å². The smallest absolute Gasteiger partial charge is 0.338 e. The lowest BCUT2D eigenvalue weighted by Crippen LogP contribution is -2.40. The fourth-order valence-corrected chi connectivity index (χ4v) is 6.10. The molecule has 42 heavy (non-hydrogen) atoms. The van der Waals surface area contributed by atoms with Crippen LogP contribution in [0.25, 0.3) is 16.8 Å². The van der Waals surface area contributed by atoms with Gasteiger partial charge in [0.25, 0.3) is 5.56 Å². The minimum atomic E-state index is -1.32. The number of benzene rings is 3. The number of esters is 1. The average Bonchev–Trinajstić information content (AvgIpc) is 3.29. The average molecular weight is 586 g/mol. The van der Waals surface area contributed by atoms with Crippen LogP contribution in [0.5, 0.6) is 11.5 Å². The van der Waals surface area contributed by atoms with Crippen molar-refractivity contribution in [2.24, 2.45) is 4.99 Å². The van der Waals surface area contributed by atoms with E-state index >= 15 is 0 Å². The van der Waals surface area contributed by atoms with Gasteiger partial charge in [0.2, 0.25) is 0 Å². The Balaban J connectivity index is 1.75. The molecule has 2 heterocycles. The molecule has 0 saturated carbocycles. The highest BCUT2D eigenvalue weighted by atomic mass is 32.1. The van der Waals surface area contributed by atoms with E-state index in [0.717, 1.165) is 17.2 Å². The number of allylic oxidation sites excluding steroid dienone is 1. The molecule has 1 aromatic heterocycles. The Bertz CT molecular complexity index is 1870. The van der Waals surface area contributed by atoms with Gasteiger partial charge in [-0.3, -0.25) is 9.36 Å². The lowest BCUT2D eigenvalue weighted by atomic mass is 9.90. The number of methoxy groups -OCH3 is 1. The maximum atomic E-state index is 14.1. The quantitative estimate of drug-likeness (QED) is 0.263. The second-order valence-corrected chi connectivity index (χ2v) is 10.6. The van der Waals surface area contributed by atoms with Crippen LogP contribution in [-0.2, 0) is 14.3 Å². The molecule has 1 aliphatic rings. The lowest BCUT2D eigenvalue weighted by molar-refractivity contribution is -0.307. The van der Waals surface area contributed by atoms with Crippen LogP contribution in [0.4, 0.5) is 0 Å². The maximum Gasteiger partial charge on any atom is 0.338 e. The van der Waals surface area contributed by atoms with E-state index < -0.39 is 24.6 Å². The number of carboxylic acid groups (broad SMARTS) is 1. The summed E-state index contributed by atoms with van der Waals surface area (Å²) in [6.45, 7) is 3.37. The topological polar surface area (TPSA) is 119 Å². The monoisotopic (exact) mass is 585 g/mol. The van der Waals surface area contributed by atoms with Crippen LogP contribution < -0.4 is 29.5 Å². The third-order valence-corrected chi connectivity index (χ3v) is 7.83. The Hall–Kier alpha value is -4.70. The zero-order valence-corrected chi connectivity index (χ0v) is 24.2. The number of rotatable bonds is 10. The minimum Gasteiger partial charge on any atom is -0.546 e. The van der Waals surface area contributed by atoms with Crippen molar-refractivity contribution in [1.29, 1.82) is 0 Å². The molecule has 5 rings (SSSR count). The number of thiazole rings is 1. The molecule has 0 bridgehead atoms. The summed E-state index contributed by atoms with van der Waals surface area (Å²) in [5.41, 5.74) is 1.98. The van der Waals surface area contributed by atoms with E-state index in [-0.39, 0.29) is 12.2 Å². The molecule has 0 spiro atoms. The summed E-state index contributed by atoms with van der Waals surface area (Å²) in [5, 5.41) is 12.5. The van der Waals surface area contributed by atoms with Gasteiger partial charge in [0.05, 0.1) is 35.5 Å². The number of hydrogen-bond acceptors (Lipinski definition) is 9. The van der Waals surface area contributed by atoms with Gasteiger partial charge in [0, 0.05) is 5.56 Å². The van der Waals surface area contributed by atoms with Crippen molar-refractivity contribution in [3.63, 3.8) is 0 Å². The third kappa shape index (κ3) is 5.58. The van der Waals surface area contributed by atoms with Gasteiger partial charge in [-0.2, -0.15) is 0 Å². The number of ether oxygens (including phenoxy) is 3. The Labute approximate surface area is 245 Å². The molecule has 3 aromatic carbocycles. The molecule has 0 aliphatic carbocycles. The third-order valence-electron chi connectivity index (χ3n) is 6.85. The zero-order valence-electron chi connectivity index (χ0n) is 23.4. The van der Waals surface area contributed by atoms with Crippen LogP contribution in [0, 0.1) is 0 Å². The number of nitrogens with zero attached hydrogens (tertiary/aromatic N) is 2. The van der Waals surface area contributed by atoms with E-state index in [2.05, 4.69) is 0 Å². The van der Waals surface area contributed by atoms with Crippen molar-refractivity contribution in [3.05, 3.63) is 103 Å². The first-order valence-electron chi connectivity index (χ1n) is 13.6. The Morgan fingerprint density at radius 3 is 2.52 bits per heavy atom. The van der Waals surface area contributed by atoms with Crippen LogP contribution >= 0.6 is 11.3 Å². The number of aliphatic carboxylic acids is 1. The fourth-order valence-electron chi connectivity index (χ4n) is 5.08. The van der Waals surface area contributed by atoms with Crippen molar-refractivity contribution in [2.75, 3.05) is 20.3 Å². The predicted octanol–water partition coefficient (Wildman–Crippen LogP) is 2.87. The molecule has 0 saturated heterocycles. The zero-order chi connectivity index (χ0) is 29.8. The van der Waals surface area contributed by atoms with E-state index in [9.17, 15) is 19.5 Å². The fraction of sp³-hybridized carbons (Fsp3) is 0.250. The Kier molecular flexibility index (Phi) is 8.53. The Morgan fingerprint density at radius 2 is 1.83 bits per heavy atom. The highest BCUT2D eigenvalue weighted by Crippen LogP contribution is 2.41. The molecule has 216 valence electrons. The maximum absolute atomic E-state index is 14.1. The van der Waals surface area contributed by atoms with E-state index in [1.807, 2.05) is 43.3 Å². The van der Waals surface area contributed by atoms with E-state index in [1.54, 1.807) is 48.9 Å². The molecule has 1 atom stereocenters. The molecule has 1 unspecified atom stereocenters. The standard InChI is InChI=1S/C32H30N2O7S/c1-4-8-23-28(31(38)40-5-2)29(27-22-10-7-6-9-20(22)13-16-24(27)39-3)34-30(37)25(42-32(34)33-23)17-19-11-14-21(15-12-19)41-18-26(35)36/h6-7,9-17,29H,4-5,8,18H2,1-3H3,(H,35,36)/p-1. The number of aromatic nitrogens is 1. The SMILES string of the molecule is CCCC1=C(C(=O)OCC)C(c2c(OC)ccc3ccccc23)n2c(sc(=Cc3ccc(OCC(=O)[O-])cc3)c2=O)=N1. The summed E-state index contributed by atoms with van der Waals surface area (Å²) in [5.74, 6) is -0.933. The van der Waals surface area contributed by atoms with Gasteiger partial charge < -0.3 is 24.1 Å². The molecule has 0 radical (unpaired) electrons. The van der Waals surface area contributed by atoms with Gasteiger partial charge >= 0.3 is 5.97 Å². The van der Waals surface area contributed by atoms with E-state index in [4.69, 9.17) is 19.2 Å². The second kappa shape index (κ2) is 12.4. The number of carboxylic acids is 1. The van der Waals surface area contributed by atoms with Crippen LogP contribution in [-0.4, -0.2) is 36.8 Å². The summed E-state index contributed by atoms with van der Waals surface area (Å²) in [4.78, 5) is 43.7. The normalized spacial score (nSPS) is 14.8. The number of carbonyl (C=O) groups is 2. The van der Waals surface area contributed by atoms with Crippen molar-refractivity contribution >= 4 is 40.1 Å². The largest absolute Gasteiger partial charge is 0.546 e. The molecule has 10 heteroatoms. The molecular weight excluding hydrogens is 556 g/mol. The first-order chi connectivity index (χ1) is 20.4. The van der Waals surface area contributed by atoms with Crippen molar-refractivity contribution in [3.8, 4) is 11.5 Å². The number of hydrogen-bond donors (Lipinski definition) is 0. The highest BCUT2D eigenvalue weighted by molar-refractivity contribution is 7.07. The molecule has 4 aromatic rings. The van der Waals surface area contributed by atoms with Crippen molar-refractivity contribution < 1.29 is 28.9 Å². The van der Waals surface area contributed by atoms with Gasteiger partial charge in [-0.05, 0) is 54.0 Å². The highest BCUT2D eigenvalue weighted by Gasteiger charge is 2.37. The molecular formula is C32H29N2O7S-. The summed E-state index contributed by atoms with van der Waals surface area (Å²) in [7, 11) is 1.57. The van der Waals surface area contributed by atoms with Crippen LogP contribution in [0.1, 0.15) is 43.9 Å². The lowest BCUT2D eigenvalue weighted by Gasteiger charge is -2.28. The number of fused-ring (bicyclic) bond motifs is 2. The van der Waals surface area contributed by atoms with Gasteiger partial charge in [0.1, 0.15) is 24.1 Å². The summed E-state index contributed by atoms with van der Waals surface area (Å²) in [6, 6.07) is 17.4. The molecule has 9 nitrogen and oxygen atoms in total. The first kappa shape index (κ1) is 28.8. The van der Waals surface area contributed by atoms with Crippen LogP contribution in [0.15, 0.2) is 81.7 Å². The molecule has 0 fully saturated rings. The Morgan fingerprint density at radius 1 is 1.07 bits per heavy atom. The van der Waals surface area contributed by atoms with Gasteiger partial charge in [-0.1, -0.05) is 67.1 Å². The number of carbonyl (C=O) groups excluding carboxylic acids is 2. The first-order valence-corrected chi connectivity index (χ1v) is 14.4. The van der Waals surface area contributed by atoms with Gasteiger partial charge in [0.15, 0.2) is 4.80 Å². The molecule has 1 aliphatic heterocycles. The van der Waals surface area contributed by atoms with Crippen molar-refractivity contribution in [2.45, 2.75) is 32.7 Å². The predicted molar refractivity (Wildman–Crippen MR) is 157 cm³/mol. The second-order valence-electron chi connectivity index (χ2n) is 9.55. The van der Waals surface area contributed by atoms with Crippen LogP contribution in [0.3, 0.4) is 0 Å². The summed E-state index contributed by atoms with van der Waals surface area (Å²) >= 11 is 1.23. The molecule has 0 amide bonds. The van der Waals surface area contributed by atoms with Crippen LogP contribution in [0.2, 0.25) is 0 Å². The van der Waals surface area contributed by atoms with Gasteiger partial charge in [-0.25, -0.2) is 9.79 Å². The minimum absolute atomic E-state index is 0.175. The summed E-state index contributed by atoms with van der Waals surface area (Å²) < 4.78 is 18.5. The van der Waals surface area contributed by atoms with E-state index in [1.165, 1.54) is 11.3 Å². The van der Waals surface area contributed by atoms with Gasteiger partial charge in [-0.15, -0.1) is 0 Å². The van der Waals surface area contributed by atoms with E-state index in [0.29, 0.717) is 49.7 Å².